The minimum Gasteiger partial charge on any atom is -0.387 e. The zero-order chi connectivity index (χ0) is 20.8. The maximum Gasteiger partial charge on any atom is 0.213 e. The first-order chi connectivity index (χ1) is 13.5. The van der Waals surface area contributed by atoms with Gasteiger partial charge in [-0.1, -0.05) is 26.5 Å². The second kappa shape index (κ2) is 4.77. The van der Waals surface area contributed by atoms with E-state index in [1.54, 1.807) is 19.9 Å². The molecule has 0 radical (unpaired) electrons. The van der Waals surface area contributed by atoms with Gasteiger partial charge in [0.05, 0.1) is 12.7 Å². The van der Waals surface area contributed by atoms with Gasteiger partial charge in [0.25, 0.3) is 0 Å². The molecule has 7 aliphatic rings. The Morgan fingerprint density at radius 3 is 2.62 bits per heavy atom. The Hall–Kier alpha value is -1.34. The molecule has 3 aliphatic heterocycles. The Kier molecular flexibility index (Phi) is 3.03. The number of ether oxygens (including phenoxy) is 3. The largest absolute Gasteiger partial charge is 0.387 e. The Balaban J connectivity index is 1.69. The van der Waals surface area contributed by atoms with Crippen molar-refractivity contribution in [3.05, 3.63) is 24.3 Å². The van der Waals surface area contributed by atoms with Crippen LogP contribution in [0, 0.1) is 34.0 Å². The van der Waals surface area contributed by atoms with Gasteiger partial charge in [0, 0.05) is 22.7 Å². The van der Waals surface area contributed by atoms with Gasteiger partial charge in [0.1, 0.15) is 11.5 Å². The van der Waals surface area contributed by atoms with Crippen LogP contribution in [0.25, 0.3) is 0 Å². The monoisotopic (exact) mass is 400 g/mol. The van der Waals surface area contributed by atoms with Gasteiger partial charge in [-0.15, -0.1) is 0 Å². The second-order valence-corrected chi connectivity index (χ2v) is 10.9. The standard InChI is InChI=1S/C23H28O6/c1-11-12-6-7-13-21-9-8-14(24)19(2,3)15(21)17(26)23(27-10-21)22(13,16(11)25)18(12)28-20(4,5)29-23/h8-9,12-13,15,17-18,26H,1,6-7,10H2,2-5H3/t12-,13-,15+,17-,18+,21+,22-,23-/m0/s1. The van der Waals surface area contributed by atoms with Gasteiger partial charge in [-0.05, 0) is 44.3 Å². The highest BCUT2D eigenvalue weighted by Gasteiger charge is 2.89. The number of carbonyl (C=O) groups excluding carboxylic acids is 2. The van der Waals surface area contributed by atoms with Crippen LogP contribution >= 0.6 is 0 Å². The summed E-state index contributed by atoms with van der Waals surface area (Å²) in [6.45, 7) is 11.8. The molecule has 3 spiro atoms. The molecule has 6 nitrogen and oxygen atoms in total. The highest BCUT2D eigenvalue weighted by atomic mass is 16.8. The van der Waals surface area contributed by atoms with Crippen LogP contribution in [-0.2, 0) is 23.8 Å². The number of allylic oxidation sites excluding steroid dienone is 1. The van der Waals surface area contributed by atoms with Gasteiger partial charge in [-0.2, -0.15) is 0 Å². The first kappa shape index (κ1) is 18.4. The van der Waals surface area contributed by atoms with Crippen molar-refractivity contribution in [1.29, 1.82) is 0 Å². The van der Waals surface area contributed by atoms with Crippen LogP contribution in [0.15, 0.2) is 24.3 Å². The zero-order valence-electron chi connectivity index (χ0n) is 17.4. The van der Waals surface area contributed by atoms with E-state index < -0.39 is 45.9 Å². The Morgan fingerprint density at radius 2 is 1.90 bits per heavy atom. The van der Waals surface area contributed by atoms with Gasteiger partial charge in [-0.3, -0.25) is 9.59 Å². The number of hydrogen-bond donors (Lipinski definition) is 1. The summed E-state index contributed by atoms with van der Waals surface area (Å²) in [5.41, 5.74) is -1.97. The highest BCUT2D eigenvalue weighted by Crippen LogP contribution is 2.78. The van der Waals surface area contributed by atoms with Crippen molar-refractivity contribution < 1.29 is 28.9 Å². The predicted molar refractivity (Wildman–Crippen MR) is 101 cm³/mol. The third kappa shape index (κ3) is 1.60. The number of ketones is 2. The minimum atomic E-state index is -1.53. The van der Waals surface area contributed by atoms with Crippen LogP contribution in [0.4, 0.5) is 0 Å². The van der Waals surface area contributed by atoms with Crippen LogP contribution in [0.2, 0.25) is 0 Å². The third-order valence-corrected chi connectivity index (χ3v) is 9.06. The van der Waals surface area contributed by atoms with Crippen LogP contribution < -0.4 is 0 Å². The Labute approximate surface area is 170 Å². The number of hydrogen-bond acceptors (Lipinski definition) is 6. The van der Waals surface area contributed by atoms with Crippen molar-refractivity contribution >= 4 is 11.6 Å². The van der Waals surface area contributed by atoms with Gasteiger partial charge >= 0.3 is 0 Å². The van der Waals surface area contributed by atoms with Crippen LogP contribution in [0.3, 0.4) is 0 Å². The third-order valence-electron chi connectivity index (χ3n) is 9.06. The number of rotatable bonds is 0. The summed E-state index contributed by atoms with van der Waals surface area (Å²) in [5.74, 6) is -3.29. The van der Waals surface area contributed by atoms with Crippen LogP contribution in [0.5, 0.6) is 0 Å². The van der Waals surface area contributed by atoms with E-state index >= 15 is 0 Å². The van der Waals surface area contributed by atoms with E-state index in [9.17, 15) is 14.7 Å². The first-order valence-electron chi connectivity index (χ1n) is 10.6. The fourth-order valence-corrected chi connectivity index (χ4v) is 8.19. The number of Topliss-reactive ketones (excluding diaryl/α,β-unsaturated/α-hetero) is 1. The average Bonchev–Trinajstić information content (AvgIpc) is 2.75. The first-order valence-corrected chi connectivity index (χ1v) is 10.6. The van der Waals surface area contributed by atoms with Crippen LogP contribution in [0.1, 0.15) is 40.5 Å². The molecular weight excluding hydrogens is 372 g/mol. The number of aliphatic hydroxyl groups is 1. The fourth-order valence-electron chi connectivity index (χ4n) is 8.19. The molecule has 1 N–H and O–H groups in total. The van der Waals surface area contributed by atoms with Gasteiger partial charge in [0.15, 0.2) is 17.4 Å². The molecule has 6 fully saturated rings. The van der Waals surface area contributed by atoms with E-state index in [0.29, 0.717) is 12.2 Å². The van der Waals surface area contributed by atoms with E-state index in [1.165, 1.54) is 0 Å². The summed E-state index contributed by atoms with van der Waals surface area (Å²) in [6, 6.07) is 0. The summed E-state index contributed by atoms with van der Waals surface area (Å²) in [6.07, 6.45) is 3.58. The molecule has 4 bridgehead atoms. The normalized spacial score (nSPS) is 55.6. The smallest absolute Gasteiger partial charge is 0.213 e. The quantitative estimate of drug-likeness (QED) is 0.628. The van der Waals surface area contributed by atoms with E-state index in [1.807, 2.05) is 19.9 Å². The van der Waals surface area contributed by atoms with Crippen LogP contribution in [-0.4, -0.2) is 47.1 Å². The van der Waals surface area contributed by atoms with E-state index in [-0.39, 0.29) is 23.4 Å². The lowest BCUT2D eigenvalue weighted by atomic mass is 9.37. The van der Waals surface area contributed by atoms with Gasteiger partial charge in [-0.25, -0.2) is 0 Å². The lowest BCUT2D eigenvalue weighted by Crippen LogP contribution is -2.87. The van der Waals surface area contributed by atoms with Gasteiger partial charge in [0.2, 0.25) is 5.79 Å². The topological polar surface area (TPSA) is 82.1 Å². The van der Waals surface area contributed by atoms with Crippen molar-refractivity contribution in [2.45, 2.75) is 64.3 Å². The Morgan fingerprint density at radius 1 is 1.17 bits per heavy atom. The predicted octanol–water partition coefficient (Wildman–Crippen LogP) is 2.16. The van der Waals surface area contributed by atoms with E-state index in [0.717, 1.165) is 12.8 Å². The molecule has 0 amide bonds. The highest BCUT2D eigenvalue weighted by molar-refractivity contribution is 6.05. The zero-order valence-corrected chi connectivity index (χ0v) is 17.4. The number of carbonyl (C=O) groups is 2. The molecule has 0 aromatic rings. The number of fused-ring (bicyclic) bond motifs is 1. The lowest BCUT2D eigenvalue weighted by molar-refractivity contribution is -0.522. The van der Waals surface area contributed by atoms with Crippen molar-refractivity contribution in [3.8, 4) is 0 Å². The molecular formula is C23H28O6. The van der Waals surface area contributed by atoms with Gasteiger partial charge < -0.3 is 19.3 Å². The molecule has 3 saturated carbocycles. The molecule has 0 aromatic heterocycles. The molecule has 4 aliphatic carbocycles. The molecule has 3 heterocycles. The molecule has 3 saturated heterocycles. The molecule has 0 unspecified atom stereocenters. The summed E-state index contributed by atoms with van der Waals surface area (Å²) in [4.78, 5) is 26.7. The fraction of sp³-hybridized carbons (Fsp3) is 0.739. The van der Waals surface area contributed by atoms with Crippen molar-refractivity contribution in [2.24, 2.45) is 34.0 Å². The summed E-state index contributed by atoms with van der Waals surface area (Å²) in [7, 11) is 0. The van der Waals surface area contributed by atoms with Crippen molar-refractivity contribution in [1.82, 2.24) is 0 Å². The maximum absolute atomic E-state index is 13.9. The van der Waals surface area contributed by atoms with Crippen molar-refractivity contribution in [2.75, 3.05) is 6.61 Å². The molecule has 29 heavy (non-hydrogen) atoms. The average molecular weight is 400 g/mol. The maximum atomic E-state index is 13.9. The molecule has 8 atom stereocenters. The van der Waals surface area contributed by atoms with Crippen molar-refractivity contribution in [3.63, 3.8) is 0 Å². The molecule has 7 rings (SSSR count). The number of aliphatic hydroxyl groups excluding tert-OH is 1. The summed E-state index contributed by atoms with van der Waals surface area (Å²) < 4.78 is 19.2. The lowest BCUT2D eigenvalue weighted by Gasteiger charge is -2.75. The second-order valence-electron chi connectivity index (χ2n) is 10.9. The SMILES string of the molecule is C=C1C(=O)[C@@]23[C@@H]4OC(C)(C)O[C@]25OC[C@]2(C=CC(=O)C(C)(C)[C@H]2[C@@H]5O)[C@@H]3CC[C@@H]14. The minimum absolute atomic E-state index is 0.0103. The molecule has 0 aromatic carbocycles. The summed E-state index contributed by atoms with van der Waals surface area (Å²) in [5, 5.41) is 11.9. The molecule has 6 heteroatoms. The molecule has 156 valence electrons. The Bertz CT molecular complexity index is 916. The van der Waals surface area contributed by atoms with E-state index in [4.69, 9.17) is 14.2 Å². The van der Waals surface area contributed by atoms with E-state index in [2.05, 4.69) is 6.58 Å². The summed E-state index contributed by atoms with van der Waals surface area (Å²) >= 11 is 0.